The van der Waals surface area contributed by atoms with Gasteiger partial charge >= 0.3 is 0 Å². The van der Waals surface area contributed by atoms with Crippen LogP contribution in [0.15, 0.2) is 52.0 Å². The molecule has 21 heavy (non-hydrogen) atoms. The summed E-state index contributed by atoms with van der Waals surface area (Å²) in [6.07, 6.45) is 6.16. The van der Waals surface area contributed by atoms with Crippen molar-refractivity contribution in [3.8, 4) is 0 Å². The lowest BCUT2D eigenvalue weighted by molar-refractivity contribution is -0.123. The van der Waals surface area contributed by atoms with Crippen molar-refractivity contribution in [3.05, 3.63) is 47.0 Å². The lowest BCUT2D eigenvalue weighted by Crippen LogP contribution is -2.29. The molecule has 1 aliphatic carbocycles. The van der Waals surface area contributed by atoms with Gasteiger partial charge in [-0.25, -0.2) is 4.99 Å². The van der Waals surface area contributed by atoms with E-state index in [4.69, 9.17) is 0 Å². The average Bonchev–Trinajstić information content (AvgIpc) is 2.70. The van der Waals surface area contributed by atoms with Gasteiger partial charge in [0.15, 0.2) is 5.78 Å². The van der Waals surface area contributed by atoms with E-state index in [0.717, 1.165) is 5.57 Å². The van der Waals surface area contributed by atoms with E-state index in [9.17, 15) is 14.4 Å². The molecule has 0 radical (unpaired) electrons. The Kier molecular flexibility index (Phi) is 2.94. The van der Waals surface area contributed by atoms with Crippen LogP contribution in [0.2, 0.25) is 0 Å². The Morgan fingerprint density at radius 2 is 1.90 bits per heavy atom. The first-order valence-corrected chi connectivity index (χ1v) is 6.49. The number of nitrogens with one attached hydrogen (secondary N) is 2. The van der Waals surface area contributed by atoms with Gasteiger partial charge in [-0.15, -0.1) is 0 Å². The van der Waals surface area contributed by atoms with Crippen molar-refractivity contribution >= 4 is 23.3 Å². The zero-order valence-electron chi connectivity index (χ0n) is 11.6. The van der Waals surface area contributed by atoms with Crippen LogP contribution in [0.25, 0.3) is 0 Å². The molecule has 0 aromatic heterocycles. The summed E-state index contributed by atoms with van der Waals surface area (Å²) in [4.78, 5) is 39.8. The Morgan fingerprint density at radius 3 is 2.62 bits per heavy atom. The lowest BCUT2D eigenvalue weighted by Gasteiger charge is -2.20. The number of hydrogen-bond donors (Lipinski definition) is 2. The molecule has 0 aromatic carbocycles. The summed E-state index contributed by atoms with van der Waals surface area (Å²) >= 11 is 0. The molecule has 2 aliphatic heterocycles. The minimum absolute atomic E-state index is 0.167. The van der Waals surface area contributed by atoms with Gasteiger partial charge in [0, 0.05) is 17.8 Å². The Hall–Kier alpha value is -2.76. The van der Waals surface area contributed by atoms with Crippen molar-refractivity contribution < 1.29 is 14.4 Å². The van der Waals surface area contributed by atoms with Crippen LogP contribution >= 0.6 is 0 Å². The van der Waals surface area contributed by atoms with Gasteiger partial charge in [0.2, 0.25) is 0 Å². The van der Waals surface area contributed by atoms with Crippen LogP contribution in [0.1, 0.15) is 13.8 Å². The van der Waals surface area contributed by atoms with Gasteiger partial charge in [0.1, 0.15) is 5.82 Å². The number of nitrogens with zero attached hydrogens (tertiary/aromatic N) is 1. The average molecular weight is 283 g/mol. The van der Waals surface area contributed by atoms with Crippen LogP contribution in [0, 0.1) is 5.92 Å². The number of ketones is 1. The van der Waals surface area contributed by atoms with Gasteiger partial charge in [0.05, 0.1) is 17.2 Å². The van der Waals surface area contributed by atoms with Crippen LogP contribution in [0.4, 0.5) is 0 Å². The highest BCUT2D eigenvalue weighted by atomic mass is 16.2. The second kappa shape index (κ2) is 4.66. The second-order valence-electron chi connectivity index (χ2n) is 5.23. The molecule has 6 nitrogen and oxygen atoms in total. The molecule has 1 atom stereocenters. The molecule has 1 unspecified atom stereocenters. The summed E-state index contributed by atoms with van der Waals surface area (Å²) in [6.45, 7) is 3.83. The van der Waals surface area contributed by atoms with Gasteiger partial charge in [-0.1, -0.05) is 11.6 Å². The van der Waals surface area contributed by atoms with Crippen molar-refractivity contribution in [2.24, 2.45) is 10.9 Å². The first-order chi connectivity index (χ1) is 9.95. The number of allylic oxidation sites excluding steroid dienone is 4. The topological polar surface area (TPSA) is 87.6 Å². The molecule has 1 fully saturated rings. The van der Waals surface area contributed by atoms with E-state index in [1.807, 2.05) is 13.8 Å². The molecule has 0 bridgehead atoms. The number of fused-ring (bicyclic) bond motifs is 2. The molecule has 3 rings (SSSR count). The third-order valence-electron chi connectivity index (χ3n) is 3.29. The molecular weight excluding hydrogens is 270 g/mol. The minimum atomic E-state index is -0.599. The number of aliphatic imine (C=N–C) groups is 1. The van der Waals surface area contributed by atoms with Crippen molar-refractivity contribution in [1.82, 2.24) is 10.6 Å². The van der Waals surface area contributed by atoms with Crippen molar-refractivity contribution in [1.29, 1.82) is 0 Å². The standard InChI is InChI=1S/C15H13N3O3/c1-7(2)6-16-13-5-12(19)10-3-8-9(4-11(10)17-13)15(21)18-14(8)20/h3-6,10,16H,1-2H3,(H,18,20,21). The number of rotatable bonds is 2. The minimum Gasteiger partial charge on any atom is -0.347 e. The Labute approximate surface area is 121 Å². The zero-order chi connectivity index (χ0) is 15.1. The van der Waals surface area contributed by atoms with Gasteiger partial charge in [-0.2, -0.15) is 0 Å². The number of amides is 2. The van der Waals surface area contributed by atoms with Crippen LogP contribution < -0.4 is 10.6 Å². The smallest absolute Gasteiger partial charge is 0.258 e. The van der Waals surface area contributed by atoms with E-state index >= 15 is 0 Å². The molecule has 1 saturated heterocycles. The number of carbonyl (C=O) groups excluding carboxylic acids is 3. The lowest BCUT2D eigenvalue weighted by atomic mass is 9.86. The number of hydrogen-bond acceptors (Lipinski definition) is 5. The van der Waals surface area contributed by atoms with Gasteiger partial charge in [-0.3, -0.25) is 19.7 Å². The molecular formula is C15H13N3O3. The summed E-state index contributed by atoms with van der Waals surface area (Å²) in [5.41, 5.74) is 2.03. The maximum Gasteiger partial charge on any atom is 0.258 e. The quantitative estimate of drug-likeness (QED) is 0.723. The molecule has 0 aromatic rings. The Morgan fingerprint density at radius 1 is 1.19 bits per heavy atom. The molecule has 3 aliphatic rings. The van der Waals surface area contributed by atoms with Crippen LogP contribution in [0.5, 0.6) is 0 Å². The van der Waals surface area contributed by atoms with E-state index in [-0.39, 0.29) is 16.9 Å². The van der Waals surface area contributed by atoms with Crippen molar-refractivity contribution in [2.75, 3.05) is 0 Å². The monoisotopic (exact) mass is 283 g/mol. The fourth-order valence-corrected chi connectivity index (χ4v) is 2.30. The van der Waals surface area contributed by atoms with Crippen LogP contribution in [-0.2, 0) is 14.4 Å². The van der Waals surface area contributed by atoms with Crippen molar-refractivity contribution in [2.45, 2.75) is 13.8 Å². The summed E-state index contributed by atoms with van der Waals surface area (Å²) in [5, 5.41) is 5.15. The number of imide groups is 1. The third kappa shape index (κ3) is 2.24. The predicted octanol–water partition coefficient (Wildman–Crippen LogP) is 0.504. The molecule has 2 N–H and O–H groups in total. The normalized spacial score (nSPS) is 23.1. The van der Waals surface area contributed by atoms with E-state index in [1.54, 1.807) is 6.20 Å². The highest BCUT2D eigenvalue weighted by Gasteiger charge is 2.38. The van der Waals surface area contributed by atoms with Crippen LogP contribution in [0.3, 0.4) is 0 Å². The third-order valence-corrected chi connectivity index (χ3v) is 3.29. The predicted molar refractivity (Wildman–Crippen MR) is 75.9 cm³/mol. The van der Waals surface area contributed by atoms with Gasteiger partial charge in [-0.05, 0) is 19.9 Å². The highest BCUT2D eigenvalue weighted by Crippen LogP contribution is 2.29. The Balaban J connectivity index is 1.98. The molecule has 6 heteroatoms. The van der Waals surface area contributed by atoms with Gasteiger partial charge in [0.25, 0.3) is 11.8 Å². The van der Waals surface area contributed by atoms with E-state index in [0.29, 0.717) is 11.5 Å². The zero-order valence-corrected chi connectivity index (χ0v) is 11.6. The SMILES string of the molecule is CC(C)=CNC1=CC(=O)C2C=C3C(=O)NC(=O)C3=CC2=N1. The summed E-state index contributed by atoms with van der Waals surface area (Å²) in [7, 11) is 0. The summed E-state index contributed by atoms with van der Waals surface area (Å²) < 4.78 is 0. The summed E-state index contributed by atoms with van der Waals surface area (Å²) in [5.74, 6) is -1.26. The largest absolute Gasteiger partial charge is 0.347 e. The molecule has 2 amide bonds. The number of carbonyl (C=O) groups is 3. The Bertz CT molecular complexity index is 731. The first kappa shape index (κ1) is 13.2. The molecule has 0 saturated carbocycles. The summed E-state index contributed by atoms with van der Waals surface area (Å²) in [6, 6.07) is 0. The first-order valence-electron chi connectivity index (χ1n) is 6.49. The van der Waals surface area contributed by atoms with Crippen LogP contribution in [-0.4, -0.2) is 23.3 Å². The second-order valence-corrected chi connectivity index (χ2v) is 5.23. The maximum absolute atomic E-state index is 12.2. The fourth-order valence-electron chi connectivity index (χ4n) is 2.30. The van der Waals surface area contributed by atoms with Gasteiger partial charge < -0.3 is 5.32 Å². The van der Waals surface area contributed by atoms with E-state index in [2.05, 4.69) is 15.6 Å². The molecule has 0 spiro atoms. The maximum atomic E-state index is 12.2. The highest BCUT2D eigenvalue weighted by molar-refractivity contribution is 6.31. The van der Waals surface area contributed by atoms with E-state index in [1.165, 1.54) is 18.2 Å². The van der Waals surface area contributed by atoms with Crippen molar-refractivity contribution in [3.63, 3.8) is 0 Å². The molecule has 106 valence electrons. The fraction of sp³-hybridized carbons (Fsp3) is 0.200. The van der Waals surface area contributed by atoms with E-state index < -0.39 is 17.7 Å². The molecule has 2 heterocycles.